The molecule has 0 bridgehead atoms. The molecule has 1 fully saturated rings. The van der Waals surface area contributed by atoms with Gasteiger partial charge in [0.2, 0.25) is 5.91 Å². The summed E-state index contributed by atoms with van der Waals surface area (Å²) >= 11 is 0. The SMILES string of the molecule is C=CC1CC(=O)N(c2c(C)cccc2C(=O)O)C1. The average molecular weight is 245 g/mol. The van der Waals surface area contributed by atoms with Crippen LogP contribution in [0.25, 0.3) is 0 Å². The molecule has 0 aromatic heterocycles. The molecule has 2 rings (SSSR count). The minimum absolute atomic E-state index is 0.0447. The van der Waals surface area contributed by atoms with Crippen molar-refractivity contribution in [1.82, 2.24) is 0 Å². The predicted molar refractivity (Wildman–Crippen MR) is 68.8 cm³/mol. The fourth-order valence-corrected chi connectivity index (χ4v) is 2.30. The highest BCUT2D eigenvalue weighted by Crippen LogP contribution is 2.31. The molecule has 1 aliphatic heterocycles. The molecule has 1 aliphatic rings. The number of hydrogen-bond acceptors (Lipinski definition) is 2. The van der Waals surface area contributed by atoms with Crippen molar-refractivity contribution in [2.24, 2.45) is 5.92 Å². The third-order valence-electron chi connectivity index (χ3n) is 3.23. The van der Waals surface area contributed by atoms with Gasteiger partial charge in [0.25, 0.3) is 0 Å². The van der Waals surface area contributed by atoms with Crippen molar-refractivity contribution in [1.29, 1.82) is 0 Å². The van der Waals surface area contributed by atoms with Gasteiger partial charge in [-0.05, 0) is 18.6 Å². The van der Waals surface area contributed by atoms with Gasteiger partial charge in [0, 0.05) is 18.9 Å². The lowest BCUT2D eigenvalue weighted by Crippen LogP contribution is -2.27. The number of hydrogen-bond donors (Lipinski definition) is 1. The summed E-state index contributed by atoms with van der Waals surface area (Å²) in [5.74, 6) is -0.959. The van der Waals surface area contributed by atoms with Crippen LogP contribution in [-0.4, -0.2) is 23.5 Å². The summed E-state index contributed by atoms with van der Waals surface area (Å²) in [4.78, 5) is 24.7. The van der Waals surface area contributed by atoms with Gasteiger partial charge in [0.05, 0.1) is 11.3 Å². The Morgan fingerprint density at radius 1 is 1.56 bits per heavy atom. The number of aromatic carboxylic acids is 1. The number of carboxylic acids is 1. The van der Waals surface area contributed by atoms with E-state index < -0.39 is 5.97 Å². The Kier molecular flexibility index (Phi) is 3.19. The van der Waals surface area contributed by atoms with Crippen LogP contribution in [0.15, 0.2) is 30.9 Å². The molecule has 1 aromatic rings. The van der Waals surface area contributed by atoms with E-state index in [2.05, 4.69) is 6.58 Å². The second-order valence-electron chi connectivity index (χ2n) is 4.48. The number of aryl methyl sites for hydroxylation is 1. The van der Waals surface area contributed by atoms with Crippen molar-refractivity contribution < 1.29 is 14.7 Å². The van der Waals surface area contributed by atoms with Crippen molar-refractivity contribution in [2.45, 2.75) is 13.3 Å². The Morgan fingerprint density at radius 2 is 2.28 bits per heavy atom. The molecule has 1 saturated heterocycles. The van der Waals surface area contributed by atoms with E-state index in [0.717, 1.165) is 5.56 Å². The number of benzene rings is 1. The highest BCUT2D eigenvalue weighted by Gasteiger charge is 2.31. The largest absolute Gasteiger partial charge is 0.478 e. The van der Waals surface area contributed by atoms with Crippen molar-refractivity contribution in [2.75, 3.05) is 11.4 Å². The highest BCUT2D eigenvalue weighted by molar-refractivity contribution is 6.04. The van der Waals surface area contributed by atoms with Crippen LogP contribution >= 0.6 is 0 Å². The Labute approximate surface area is 106 Å². The summed E-state index contributed by atoms with van der Waals surface area (Å²) in [7, 11) is 0. The lowest BCUT2D eigenvalue weighted by molar-refractivity contribution is -0.117. The summed E-state index contributed by atoms with van der Waals surface area (Å²) in [6.07, 6.45) is 2.15. The normalized spacial score (nSPS) is 19.1. The second kappa shape index (κ2) is 4.64. The molecule has 18 heavy (non-hydrogen) atoms. The number of nitrogens with zero attached hydrogens (tertiary/aromatic N) is 1. The number of carbonyl (C=O) groups is 2. The summed E-state index contributed by atoms with van der Waals surface area (Å²) in [6, 6.07) is 5.03. The maximum Gasteiger partial charge on any atom is 0.337 e. The highest BCUT2D eigenvalue weighted by atomic mass is 16.4. The van der Waals surface area contributed by atoms with Crippen LogP contribution in [0, 0.1) is 12.8 Å². The maximum absolute atomic E-state index is 12.0. The molecular weight excluding hydrogens is 230 g/mol. The number of amides is 1. The fourth-order valence-electron chi connectivity index (χ4n) is 2.30. The molecule has 1 unspecified atom stereocenters. The first-order valence-corrected chi connectivity index (χ1v) is 5.80. The Hall–Kier alpha value is -2.10. The standard InChI is InChI=1S/C14H15NO3/c1-3-10-7-12(16)15(8-10)13-9(2)5-4-6-11(13)14(17)18/h3-6,10H,1,7-8H2,2H3,(H,17,18). The summed E-state index contributed by atoms with van der Waals surface area (Å²) in [5, 5.41) is 9.20. The van der Waals surface area contributed by atoms with Crippen molar-refractivity contribution in [3.8, 4) is 0 Å². The molecule has 1 heterocycles. The third-order valence-corrected chi connectivity index (χ3v) is 3.23. The van der Waals surface area contributed by atoms with Crippen LogP contribution in [-0.2, 0) is 4.79 Å². The zero-order valence-electron chi connectivity index (χ0n) is 10.2. The van der Waals surface area contributed by atoms with E-state index in [4.69, 9.17) is 0 Å². The van der Waals surface area contributed by atoms with Gasteiger partial charge in [-0.2, -0.15) is 0 Å². The van der Waals surface area contributed by atoms with E-state index in [1.165, 1.54) is 6.07 Å². The summed E-state index contributed by atoms with van der Waals surface area (Å²) in [5.41, 5.74) is 1.49. The molecule has 4 nitrogen and oxygen atoms in total. The van der Waals surface area contributed by atoms with E-state index in [-0.39, 0.29) is 17.4 Å². The molecule has 1 N–H and O–H groups in total. The van der Waals surface area contributed by atoms with Gasteiger partial charge in [-0.25, -0.2) is 4.79 Å². The lowest BCUT2D eigenvalue weighted by atomic mass is 10.1. The minimum Gasteiger partial charge on any atom is -0.478 e. The Morgan fingerprint density at radius 3 is 2.83 bits per heavy atom. The molecule has 0 spiro atoms. The molecule has 0 radical (unpaired) electrons. The van der Waals surface area contributed by atoms with Crippen LogP contribution < -0.4 is 4.90 Å². The van der Waals surface area contributed by atoms with Gasteiger partial charge in [-0.3, -0.25) is 4.79 Å². The Bertz CT molecular complexity index is 522. The number of carboxylic acid groups (broad SMARTS) is 1. The van der Waals surface area contributed by atoms with E-state index in [1.807, 2.05) is 13.0 Å². The van der Waals surface area contributed by atoms with Crippen LogP contribution in [0.4, 0.5) is 5.69 Å². The predicted octanol–water partition coefficient (Wildman–Crippen LogP) is 2.23. The number of para-hydroxylation sites is 1. The van der Waals surface area contributed by atoms with Crippen LogP contribution in [0.2, 0.25) is 0 Å². The van der Waals surface area contributed by atoms with Crippen LogP contribution in [0.3, 0.4) is 0 Å². The van der Waals surface area contributed by atoms with E-state index >= 15 is 0 Å². The first-order chi connectivity index (χ1) is 8.54. The third kappa shape index (κ3) is 2.01. The summed E-state index contributed by atoms with van der Waals surface area (Å²) < 4.78 is 0. The van der Waals surface area contributed by atoms with Crippen molar-refractivity contribution in [3.05, 3.63) is 42.0 Å². The van der Waals surface area contributed by atoms with Gasteiger partial charge in [-0.1, -0.05) is 18.2 Å². The van der Waals surface area contributed by atoms with E-state index in [0.29, 0.717) is 18.7 Å². The lowest BCUT2D eigenvalue weighted by Gasteiger charge is -2.20. The monoisotopic (exact) mass is 245 g/mol. The van der Waals surface area contributed by atoms with Gasteiger partial charge in [-0.15, -0.1) is 6.58 Å². The minimum atomic E-state index is -1.01. The van der Waals surface area contributed by atoms with Crippen LogP contribution in [0.5, 0.6) is 0 Å². The molecule has 94 valence electrons. The van der Waals surface area contributed by atoms with Crippen molar-refractivity contribution >= 4 is 17.6 Å². The molecule has 4 heteroatoms. The average Bonchev–Trinajstić information content (AvgIpc) is 2.70. The van der Waals surface area contributed by atoms with E-state index in [9.17, 15) is 14.7 Å². The molecule has 0 saturated carbocycles. The van der Waals surface area contributed by atoms with Gasteiger partial charge in [0.15, 0.2) is 0 Å². The quantitative estimate of drug-likeness (QED) is 0.831. The first kappa shape index (κ1) is 12.4. The number of carbonyl (C=O) groups excluding carboxylic acids is 1. The number of rotatable bonds is 3. The smallest absolute Gasteiger partial charge is 0.337 e. The second-order valence-corrected chi connectivity index (χ2v) is 4.48. The summed E-state index contributed by atoms with van der Waals surface area (Å²) in [6.45, 7) is 6.01. The topological polar surface area (TPSA) is 57.6 Å². The van der Waals surface area contributed by atoms with Gasteiger partial charge < -0.3 is 10.0 Å². The molecular formula is C14H15NO3. The zero-order valence-corrected chi connectivity index (χ0v) is 10.2. The molecule has 1 atom stereocenters. The number of anilines is 1. The zero-order chi connectivity index (χ0) is 13.3. The fraction of sp³-hybridized carbons (Fsp3) is 0.286. The Balaban J connectivity index is 2.48. The molecule has 1 aromatic carbocycles. The van der Waals surface area contributed by atoms with Crippen molar-refractivity contribution in [3.63, 3.8) is 0 Å². The van der Waals surface area contributed by atoms with Gasteiger partial charge >= 0.3 is 5.97 Å². The maximum atomic E-state index is 12.0. The van der Waals surface area contributed by atoms with E-state index in [1.54, 1.807) is 17.0 Å². The molecule has 0 aliphatic carbocycles. The molecule has 1 amide bonds. The van der Waals surface area contributed by atoms with Crippen LogP contribution in [0.1, 0.15) is 22.3 Å². The first-order valence-electron chi connectivity index (χ1n) is 5.80. The van der Waals surface area contributed by atoms with Gasteiger partial charge in [0.1, 0.15) is 0 Å².